The third kappa shape index (κ3) is 4.63. The molecule has 0 bridgehead atoms. The second kappa shape index (κ2) is 7.37. The maximum Gasteiger partial charge on any atom is 0.225 e. The van der Waals surface area contributed by atoms with Crippen LogP contribution >= 0.6 is 11.6 Å². The van der Waals surface area contributed by atoms with Crippen LogP contribution in [0.25, 0.3) is 0 Å². The van der Waals surface area contributed by atoms with Gasteiger partial charge in [0.15, 0.2) is 0 Å². The average molecular weight is 337 g/mol. The first kappa shape index (κ1) is 17.1. The first-order chi connectivity index (χ1) is 10.9. The molecule has 1 N–H and O–H groups in total. The molecule has 0 spiro atoms. The summed E-state index contributed by atoms with van der Waals surface area (Å²) < 4.78 is 13.7. The van der Waals surface area contributed by atoms with E-state index in [-0.39, 0.29) is 29.5 Å². The van der Waals surface area contributed by atoms with Gasteiger partial charge in [0.2, 0.25) is 11.9 Å². The highest BCUT2D eigenvalue weighted by Gasteiger charge is 2.12. The van der Waals surface area contributed by atoms with Gasteiger partial charge in [0.05, 0.1) is 18.7 Å². The van der Waals surface area contributed by atoms with Crippen LogP contribution in [-0.4, -0.2) is 30.0 Å². The third-order valence-corrected chi connectivity index (χ3v) is 3.52. The number of nitrogens with one attached hydrogen (secondary N) is 1. The number of aromatic nitrogens is 2. The molecule has 1 aromatic heterocycles. The zero-order chi connectivity index (χ0) is 17.0. The lowest BCUT2D eigenvalue weighted by Crippen LogP contribution is -2.26. The average Bonchev–Trinajstić information content (AvgIpc) is 2.48. The van der Waals surface area contributed by atoms with Gasteiger partial charge in [-0.1, -0.05) is 17.7 Å². The molecule has 0 aliphatic heterocycles. The highest BCUT2D eigenvalue weighted by Crippen LogP contribution is 2.19. The van der Waals surface area contributed by atoms with Gasteiger partial charge in [0.1, 0.15) is 5.82 Å². The lowest BCUT2D eigenvalue weighted by atomic mass is 10.1. The Kier molecular flexibility index (Phi) is 5.50. The van der Waals surface area contributed by atoms with Crippen molar-refractivity contribution in [1.82, 2.24) is 15.3 Å². The minimum atomic E-state index is -0.486. The highest BCUT2D eigenvalue weighted by atomic mass is 35.5. The molecule has 122 valence electrons. The van der Waals surface area contributed by atoms with E-state index in [1.54, 1.807) is 17.0 Å². The molecule has 0 radical (unpaired) electrons. The van der Waals surface area contributed by atoms with E-state index in [0.29, 0.717) is 11.6 Å². The Balaban J connectivity index is 2.02. The van der Waals surface area contributed by atoms with Crippen LogP contribution < -0.4 is 10.2 Å². The quantitative estimate of drug-likeness (QED) is 0.911. The summed E-state index contributed by atoms with van der Waals surface area (Å²) in [7, 11) is 3.69. The van der Waals surface area contributed by atoms with Crippen LogP contribution in [0.1, 0.15) is 17.0 Å². The maximum atomic E-state index is 13.7. The second-order valence-electron chi connectivity index (χ2n) is 5.35. The van der Waals surface area contributed by atoms with Crippen LogP contribution in [0.15, 0.2) is 24.3 Å². The fourth-order valence-corrected chi connectivity index (χ4v) is 2.25. The molecule has 5 nitrogen and oxygen atoms in total. The van der Waals surface area contributed by atoms with Gasteiger partial charge in [-0.3, -0.25) is 4.79 Å². The van der Waals surface area contributed by atoms with Gasteiger partial charge >= 0.3 is 0 Å². The highest BCUT2D eigenvalue weighted by molar-refractivity contribution is 6.31. The Morgan fingerprint density at radius 1 is 1.35 bits per heavy atom. The summed E-state index contributed by atoms with van der Waals surface area (Å²) in [5.74, 6) is -0.230. The summed E-state index contributed by atoms with van der Waals surface area (Å²) in [4.78, 5) is 22.4. The van der Waals surface area contributed by atoms with Crippen LogP contribution in [0.3, 0.4) is 0 Å². The van der Waals surface area contributed by atoms with E-state index in [1.165, 1.54) is 12.1 Å². The van der Waals surface area contributed by atoms with Crippen LogP contribution in [-0.2, 0) is 17.8 Å². The molecule has 0 aliphatic rings. The molecular formula is C16H18ClFN4O. The summed E-state index contributed by atoms with van der Waals surface area (Å²) in [6.45, 7) is 2.11. The predicted octanol–water partition coefficient (Wildman–Crippen LogP) is 2.50. The van der Waals surface area contributed by atoms with Gasteiger partial charge in [-0.25, -0.2) is 14.4 Å². The number of hydrogen-bond acceptors (Lipinski definition) is 4. The van der Waals surface area contributed by atoms with Crippen molar-refractivity contribution in [3.05, 3.63) is 52.1 Å². The van der Waals surface area contributed by atoms with Gasteiger partial charge in [-0.15, -0.1) is 0 Å². The first-order valence-corrected chi connectivity index (χ1v) is 7.46. The number of amides is 1. The Bertz CT molecular complexity index is 701. The number of carbonyl (C=O) groups is 1. The van der Waals surface area contributed by atoms with E-state index < -0.39 is 5.82 Å². The van der Waals surface area contributed by atoms with Crippen LogP contribution in [0.5, 0.6) is 0 Å². The van der Waals surface area contributed by atoms with Crippen molar-refractivity contribution < 1.29 is 9.18 Å². The molecule has 1 heterocycles. The lowest BCUT2D eigenvalue weighted by molar-refractivity contribution is -0.120. The predicted molar refractivity (Wildman–Crippen MR) is 88.1 cm³/mol. The molecule has 0 atom stereocenters. The Hall–Kier alpha value is -2.21. The molecule has 0 saturated heterocycles. The van der Waals surface area contributed by atoms with Crippen molar-refractivity contribution in [1.29, 1.82) is 0 Å². The van der Waals surface area contributed by atoms with E-state index in [0.717, 1.165) is 5.69 Å². The zero-order valence-corrected chi connectivity index (χ0v) is 14.0. The van der Waals surface area contributed by atoms with Crippen molar-refractivity contribution in [3.63, 3.8) is 0 Å². The first-order valence-electron chi connectivity index (χ1n) is 7.08. The monoisotopic (exact) mass is 336 g/mol. The smallest absolute Gasteiger partial charge is 0.225 e. The lowest BCUT2D eigenvalue weighted by Gasteiger charge is -2.13. The SMILES string of the molecule is Cc1cc(CNC(=O)Cc2c(F)cccc2Cl)nc(N(C)C)n1. The van der Waals surface area contributed by atoms with Gasteiger partial charge < -0.3 is 10.2 Å². The summed E-state index contributed by atoms with van der Waals surface area (Å²) in [6, 6.07) is 6.14. The molecule has 1 amide bonds. The van der Waals surface area contributed by atoms with E-state index in [1.807, 2.05) is 21.0 Å². The van der Waals surface area contributed by atoms with Crippen LogP contribution in [0.2, 0.25) is 5.02 Å². The standard InChI is InChI=1S/C16H18ClFN4O/c1-10-7-11(21-16(20-10)22(2)3)9-19-15(23)8-12-13(17)5-4-6-14(12)18/h4-7H,8-9H2,1-3H3,(H,19,23). The molecule has 0 aliphatic carbocycles. The molecule has 2 aromatic rings. The molecule has 1 aromatic carbocycles. The number of nitrogens with zero attached hydrogens (tertiary/aromatic N) is 3. The van der Waals surface area contributed by atoms with E-state index >= 15 is 0 Å². The number of benzene rings is 1. The number of anilines is 1. The Morgan fingerprint density at radius 3 is 2.74 bits per heavy atom. The van der Waals surface area contributed by atoms with Crippen LogP contribution in [0.4, 0.5) is 10.3 Å². The molecule has 7 heteroatoms. The van der Waals surface area contributed by atoms with Crippen molar-refractivity contribution in [2.45, 2.75) is 19.9 Å². The van der Waals surface area contributed by atoms with Crippen LogP contribution in [0, 0.1) is 12.7 Å². The maximum absolute atomic E-state index is 13.7. The summed E-state index contributed by atoms with van der Waals surface area (Å²) >= 11 is 5.92. The molecule has 0 saturated carbocycles. The molecule has 2 rings (SSSR count). The van der Waals surface area contributed by atoms with Gasteiger partial charge in [-0.2, -0.15) is 0 Å². The normalized spacial score (nSPS) is 10.5. The number of hydrogen-bond donors (Lipinski definition) is 1. The van der Waals surface area contributed by atoms with Crippen molar-refractivity contribution in [2.24, 2.45) is 0 Å². The Morgan fingerprint density at radius 2 is 2.09 bits per heavy atom. The van der Waals surface area contributed by atoms with Gasteiger partial charge in [0.25, 0.3) is 0 Å². The largest absolute Gasteiger partial charge is 0.350 e. The minimum Gasteiger partial charge on any atom is -0.350 e. The number of aryl methyl sites for hydroxylation is 1. The topological polar surface area (TPSA) is 58.1 Å². The van der Waals surface area contributed by atoms with Crippen molar-refractivity contribution in [3.8, 4) is 0 Å². The number of halogens is 2. The summed E-state index contributed by atoms with van der Waals surface area (Å²) in [5, 5.41) is 2.97. The molecular weight excluding hydrogens is 319 g/mol. The van der Waals surface area contributed by atoms with Gasteiger partial charge in [-0.05, 0) is 25.1 Å². The van der Waals surface area contributed by atoms with E-state index in [9.17, 15) is 9.18 Å². The van der Waals surface area contributed by atoms with Crippen molar-refractivity contribution in [2.75, 3.05) is 19.0 Å². The fourth-order valence-electron chi connectivity index (χ4n) is 2.02. The van der Waals surface area contributed by atoms with E-state index in [2.05, 4.69) is 15.3 Å². The van der Waals surface area contributed by atoms with Gasteiger partial charge in [0, 0.05) is 30.4 Å². The number of rotatable bonds is 5. The van der Waals surface area contributed by atoms with Crippen molar-refractivity contribution >= 4 is 23.5 Å². The zero-order valence-electron chi connectivity index (χ0n) is 13.2. The fraction of sp³-hybridized carbons (Fsp3) is 0.312. The van der Waals surface area contributed by atoms with E-state index in [4.69, 9.17) is 11.6 Å². The molecule has 0 unspecified atom stereocenters. The second-order valence-corrected chi connectivity index (χ2v) is 5.76. The summed E-state index contributed by atoms with van der Waals surface area (Å²) in [5.41, 5.74) is 1.69. The summed E-state index contributed by atoms with van der Waals surface area (Å²) in [6.07, 6.45) is -0.115. The minimum absolute atomic E-state index is 0.115. The Labute approximate surface area is 139 Å². The molecule has 0 fully saturated rings. The number of carbonyl (C=O) groups excluding carboxylic acids is 1. The molecule has 23 heavy (non-hydrogen) atoms. The third-order valence-electron chi connectivity index (χ3n) is 3.16.